The third kappa shape index (κ3) is 3.17. The zero-order chi connectivity index (χ0) is 15.5. The molecule has 3 aromatic rings. The number of imidazole rings is 1. The molecule has 2 nitrogen and oxygen atoms in total. The van der Waals surface area contributed by atoms with Crippen molar-refractivity contribution in [3.8, 4) is 0 Å². The number of aryl methyl sites for hydroxylation is 2. The van der Waals surface area contributed by atoms with E-state index in [0.717, 1.165) is 23.4 Å². The van der Waals surface area contributed by atoms with Crippen LogP contribution in [0.3, 0.4) is 0 Å². The van der Waals surface area contributed by atoms with Crippen molar-refractivity contribution in [3.05, 3.63) is 95.6 Å². The Hall–Kier alpha value is -2.61. The minimum absolute atomic E-state index is 0.827. The van der Waals surface area contributed by atoms with E-state index < -0.39 is 0 Å². The van der Waals surface area contributed by atoms with Crippen molar-refractivity contribution in [1.29, 1.82) is 0 Å². The highest BCUT2D eigenvalue weighted by Crippen LogP contribution is 2.22. The third-order valence-corrected chi connectivity index (χ3v) is 3.72. The van der Waals surface area contributed by atoms with E-state index in [9.17, 15) is 0 Å². The predicted octanol–water partition coefficient (Wildman–Crippen LogP) is 4.61. The van der Waals surface area contributed by atoms with Gasteiger partial charge in [-0.05, 0) is 25.0 Å². The largest absolute Gasteiger partial charge is 0.332 e. The van der Waals surface area contributed by atoms with Gasteiger partial charge in [-0.25, -0.2) is 4.98 Å². The van der Waals surface area contributed by atoms with Gasteiger partial charge in [0, 0.05) is 18.3 Å². The highest BCUT2D eigenvalue weighted by Gasteiger charge is 2.07. The van der Waals surface area contributed by atoms with Crippen molar-refractivity contribution in [1.82, 2.24) is 9.55 Å². The summed E-state index contributed by atoms with van der Waals surface area (Å²) in [5.41, 5.74) is 6.81. The van der Waals surface area contributed by atoms with Crippen LogP contribution in [0.5, 0.6) is 0 Å². The molecule has 0 aliphatic rings. The maximum absolute atomic E-state index is 4.51. The Kier molecular flexibility index (Phi) is 3.92. The van der Waals surface area contributed by atoms with Crippen LogP contribution in [0.25, 0.3) is 5.57 Å². The van der Waals surface area contributed by atoms with Gasteiger partial charge < -0.3 is 4.57 Å². The minimum Gasteiger partial charge on any atom is -0.332 e. The highest BCUT2D eigenvalue weighted by atomic mass is 15.0. The van der Waals surface area contributed by atoms with Crippen LogP contribution in [0, 0.1) is 13.8 Å². The van der Waals surface area contributed by atoms with Crippen molar-refractivity contribution < 1.29 is 0 Å². The predicted molar refractivity (Wildman–Crippen MR) is 91.8 cm³/mol. The molecular formula is C20H20N2. The molecule has 3 rings (SSSR count). The van der Waals surface area contributed by atoms with Gasteiger partial charge in [0.15, 0.2) is 0 Å². The van der Waals surface area contributed by atoms with Gasteiger partial charge in [0.2, 0.25) is 0 Å². The minimum atomic E-state index is 0.827. The first-order valence-corrected chi connectivity index (χ1v) is 7.45. The third-order valence-electron chi connectivity index (χ3n) is 3.72. The lowest BCUT2D eigenvalue weighted by Gasteiger charge is -2.06. The van der Waals surface area contributed by atoms with Crippen LogP contribution in [0.1, 0.15) is 27.9 Å². The molecule has 2 heteroatoms. The molecule has 0 amide bonds. The Labute approximate surface area is 131 Å². The molecule has 0 aliphatic carbocycles. The molecule has 0 aliphatic heterocycles. The van der Waals surface area contributed by atoms with Gasteiger partial charge in [0.05, 0.1) is 12.0 Å². The normalized spacial score (nSPS) is 10.6. The first kappa shape index (κ1) is 14.3. The molecule has 110 valence electrons. The Balaban J connectivity index is 1.82. The van der Waals surface area contributed by atoms with Crippen LogP contribution >= 0.6 is 0 Å². The molecule has 0 N–H and O–H groups in total. The summed E-state index contributed by atoms with van der Waals surface area (Å²) in [4.78, 5) is 4.51. The van der Waals surface area contributed by atoms with Crippen LogP contribution in [0.2, 0.25) is 0 Å². The molecule has 2 aromatic carbocycles. The van der Waals surface area contributed by atoms with Crippen molar-refractivity contribution in [2.75, 3.05) is 0 Å². The maximum atomic E-state index is 4.51. The Morgan fingerprint density at radius 3 is 2.41 bits per heavy atom. The van der Waals surface area contributed by atoms with Crippen molar-refractivity contribution in [2.45, 2.75) is 20.4 Å². The summed E-state index contributed by atoms with van der Waals surface area (Å²) in [5.74, 6) is 0. The Morgan fingerprint density at radius 1 is 1.05 bits per heavy atom. The smallest absolute Gasteiger partial charge is 0.0956 e. The van der Waals surface area contributed by atoms with Crippen LogP contribution in [0.4, 0.5) is 0 Å². The van der Waals surface area contributed by atoms with E-state index in [1.54, 1.807) is 0 Å². The molecule has 1 aromatic heterocycles. The number of hydrogen-bond acceptors (Lipinski definition) is 1. The first-order chi connectivity index (χ1) is 10.6. The molecule has 0 radical (unpaired) electrons. The second-order valence-corrected chi connectivity index (χ2v) is 5.77. The summed E-state index contributed by atoms with van der Waals surface area (Å²) < 4.78 is 2.10. The van der Waals surface area contributed by atoms with E-state index in [2.05, 4.69) is 78.6 Å². The van der Waals surface area contributed by atoms with Gasteiger partial charge in [-0.1, -0.05) is 66.2 Å². The van der Waals surface area contributed by atoms with Gasteiger partial charge >= 0.3 is 0 Å². The molecule has 0 saturated heterocycles. The van der Waals surface area contributed by atoms with E-state index in [1.807, 2.05) is 12.4 Å². The van der Waals surface area contributed by atoms with E-state index in [-0.39, 0.29) is 0 Å². The maximum Gasteiger partial charge on any atom is 0.0956 e. The number of aromatic nitrogens is 2. The van der Waals surface area contributed by atoms with E-state index in [4.69, 9.17) is 0 Å². The van der Waals surface area contributed by atoms with Gasteiger partial charge in [-0.3, -0.25) is 0 Å². The number of benzene rings is 2. The van der Waals surface area contributed by atoms with Crippen LogP contribution < -0.4 is 0 Å². The van der Waals surface area contributed by atoms with Gasteiger partial charge in [-0.15, -0.1) is 0 Å². The van der Waals surface area contributed by atoms with E-state index in [0.29, 0.717) is 0 Å². The van der Waals surface area contributed by atoms with Crippen molar-refractivity contribution in [2.24, 2.45) is 0 Å². The molecular weight excluding hydrogens is 268 g/mol. The van der Waals surface area contributed by atoms with Crippen LogP contribution in [-0.4, -0.2) is 9.55 Å². The number of rotatable bonds is 4. The summed E-state index contributed by atoms with van der Waals surface area (Å²) in [5, 5.41) is 0. The number of nitrogens with zero attached hydrogens (tertiary/aromatic N) is 2. The molecule has 0 unspecified atom stereocenters. The molecule has 0 bridgehead atoms. The van der Waals surface area contributed by atoms with Crippen LogP contribution in [0.15, 0.2) is 67.6 Å². The lowest BCUT2D eigenvalue weighted by atomic mass is 10.0. The molecule has 22 heavy (non-hydrogen) atoms. The van der Waals surface area contributed by atoms with Crippen molar-refractivity contribution in [3.63, 3.8) is 0 Å². The Morgan fingerprint density at radius 2 is 1.73 bits per heavy atom. The topological polar surface area (TPSA) is 17.8 Å². The SMILES string of the molecule is C=C(c1cc(C)cc(C)c1)c1cn(Cc2ccccc2)cn1. The Bertz CT molecular complexity index is 777. The lowest BCUT2D eigenvalue weighted by Crippen LogP contribution is -1.95. The molecule has 0 atom stereocenters. The van der Waals surface area contributed by atoms with Crippen molar-refractivity contribution >= 4 is 5.57 Å². The quantitative estimate of drug-likeness (QED) is 0.685. The molecule has 0 spiro atoms. The fourth-order valence-corrected chi connectivity index (χ4v) is 2.69. The average molecular weight is 288 g/mol. The standard InChI is InChI=1S/C20H20N2/c1-15-9-16(2)11-19(10-15)17(3)20-13-22(14-21-20)12-18-7-5-4-6-8-18/h4-11,13-14H,3,12H2,1-2H3. The molecule has 0 saturated carbocycles. The van der Waals surface area contributed by atoms with E-state index >= 15 is 0 Å². The molecule has 0 fully saturated rings. The lowest BCUT2D eigenvalue weighted by molar-refractivity contribution is 0.797. The average Bonchev–Trinajstić information content (AvgIpc) is 2.95. The number of hydrogen-bond donors (Lipinski definition) is 0. The summed E-state index contributed by atoms with van der Waals surface area (Å²) in [7, 11) is 0. The van der Waals surface area contributed by atoms with Gasteiger partial charge in [0.1, 0.15) is 0 Å². The molecule has 1 heterocycles. The zero-order valence-electron chi connectivity index (χ0n) is 13.1. The monoisotopic (exact) mass is 288 g/mol. The second kappa shape index (κ2) is 6.02. The highest BCUT2D eigenvalue weighted by molar-refractivity contribution is 5.76. The van der Waals surface area contributed by atoms with E-state index in [1.165, 1.54) is 16.7 Å². The summed E-state index contributed by atoms with van der Waals surface area (Å²) in [6.45, 7) is 9.27. The summed E-state index contributed by atoms with van der Waals surface area (Å²) in [6.07, 6.45) is 3.93. The fraction of sp³-hybridized carbons (Fsp3) is 0.150. The van der Waals surface area contributed by atoms with Crippen LogP contribution in [-0.2, 0) is 6.54 Å². The fourth-order valence-electron chi connectivity index (χ4n) is 2.69. The van der Waals surface area contributed by atoms with Gasteiger partial charge in [-0.2, -0.15) is 0 Å². The summed E-state index contributed by atoms with van der Waals surface area (Å²) >= 11 is 0. The van der Waals surface area contributed by atoms with Gasteiger partial charge in [0.25, 0.3) is 0 Å². The zero-order valence-corrected chi connectivity index (χ0v) is 13.1. The second-order valence-electron chi connectivity index (χ2n) is 5.77. The summed E-state index contributed by atoms with van der Waals surface area (Å²) in [6, 6.07) is 16.9. The first-order valence-electron chi connectivity index (χ1n) is 7.45.